The molecule has 0 spiro atoms. The molecule has 1 unspecified atom stereocenters. The maximum absolute atomic E-state index is 12.5. The summed E-state index contributed by atoms with van der Waals surface area (Å²) in [6.07, 6.45) is 1.02. The van der Waals surface area contributed by atoms with Crippen LogP contribution in [0.1, 0.15) is 33.6 Å². The van der Waals surface area contributed by atoms with E-state index >= 15 is 0 Å². The first-order chi connectivity index (χ1) is 12.7. The minimum Gasteiger partial charge on any atom is -0.497 e. The molecular formula is C19H28N2O5S. The minimum atomic E-state index is -3.49. The number of hydrogen-bond donors (Lipinski definition) is 1. The first kappa shape index (κ1) is 21.2. The van der Waals surface area contributed by atoms with Crippen LogP contribution in [0.3, 0.4) is 0 Å². The molecule has 150 valence electrons. The summed E-state index contributed by atoms with van der Waals surface area (Å²) >= 11 is 0. The number of carbonyl (C=O) groups is 2. The second kappa shape index (κ2) is 8.73. The first-order valence-electron chi connectivity index (χ1n) is 9.13. The highest BCUT2D eigenvalue weighted by atomic mass is 32.2. The van der Waals surface area contributed by atoms with Crippen LogP contribution >= 0.6 is 0 Å². The minimum absolute atomic E-state index is 0.0989. The van der Waals surface area contributed by atoms with Gasteiger partial charge < -0.3 is 15.0 Å². The molecule has 0 aromatic heterocycles. The predicted octanol–water partition coefficient (Wildman–Crippen LogP) is 2.08. The molecule has 8 heteroatoms. The van der Waals surface area contributed by atoms with Crippen LogP contribution < -0.4 is 10.1 Å². The van der Waals surface area contributed by atoms with Crippen molar-refractivity contribution >= 4 is 27.3 Å². The Morgan fingerprint density at radius 3 is 2.37 bits per heavy atom. The molecule has 1 aromatic carbocycles. The van der Waals surface area contributed by atoms with Gasteiger partial charge in [-0.3, -0.25) is 9.59 Å². The summed E-state index contributed by atoms with van der Waals surface area (Å²) in [4.78, 5) is 26.5. The Bertz CT molecular complexity index is 783. The van der Waals surface area contributed by atoms with E-state index in [0.29, 0.717) is 37.4 Å². The molecule has 0 saturated carbocycles. The number of amides is 2. The van der Waals surface area contributed by atoms with E-state index in [0.717, 1.165) is 0 Å². The molecule has 1 aliphatic rings. The van der Waals surface area contributed by atoms with Gasteiger partial charge in [0.2, 0.25) is 11.8 Å². The summed E-state index contributed by atoms with van der Waals surface area (Å²) in [5.41, 5.74) is 0.662. The van der Waals surface area contributed by atoms with Crippen LogP contribution in [0.25, 0.3) is 0 Å². The van der Waals surface area contributed by atoms with Crippen molar-refractivity contribution in [3.8, 4) is 5.75 Å². The molecule has 1 aliphatic heterocycles. The fourth-order valence-corrected chi connectivity index (χ4v) is 4.36. The van der Waals surface area contributed by atoms with Crippen molar-refractivity contribution in [2.75, 3.05) is 25.5 Å². The van der Waals surface area contributed by atoms with Crippen LogP contribution in [0.15, 0.2) is 24.3 Å². The number of anilines is 1. The fraction of sp³-hybridized carbons (Fsp3) is 0.579. The zero-order valence-corrected chi connectivity index (χ0v) is 17.1. The van der Waals surface area contributed by atoms with Gasteiger partial charge in [0.15, 0.2) is 9.84 Å². The third-order valence-corrected chi connectivity index (χ3v) is 7.51. The number of nitrogens with zero attached hydrogens (tertiary/aromatic N) is 1. The Morgan fingerprint density at radius 2 is 1.81 bits per heavy atom. The number of ether oxygens (including phenoxy) is 1. The van der Waals surface area contributed by atoms with Crippen molar-refractivity contribution < 1.29 is 22.7 Å². The number of sulfone groups is 1. The Labute approximate surface area is 161 Å². The quantitative estimate of drug-likeness (QED) is 0.795. The number of likely N-dealkylation sites (tertiary alicyclic amines) is 1. The van der Waals surface area contributed by atoms with Gasteiger partial charge in [-0.05, 0) is 45.7 Å². The third kappa shape index (κ3) is 5.00. The normalized spacial score (nSPS) is 16.9. The molecule has 2 amide bonds. The molecule has 1 saturated heterocycles. The lowest BCUT2D eigenvalue weighted by atomic mass is 9.95. The smallest absolute Gasteiger partial charge is 0.240 e. The summed E-state index contributed by atoms with van der Waals surface area (Å²) in [6, 6.07) is 7.13. The number of nitrogens with one attached hydrogen (secondary N) is 1. The highest BCUT2D eigenvalue weighted by molar-refractivity contribution is 7.93. The Hall–Kier alpha value is -2.09. The highest BCUT2D eigenvalue weighted by Gasteiger charge is 2.36. The highest BCUT2D eigenvalue weighted by Crippen LogP contribution is 2.23. The van der Waals surface area contributed by atoms with Gasteiger partial charge in [0.05, 0.1) is 12.4 Å². The summed E-state index contributed by atoms with van der Waals surface area (Å²) in [7, 11) is -1.92. The molecule has 0 aliphatic carbocycles. The van der Waals surface area contributed by atoms with E-state index in [1.54, 1.807) is 50.1 Å². The lowest BCUT2D eigenvalue weighted by molar-refractivity contribution is -0.133. The molecule has 0 bridgehead atoms. The molecule has 1 aromatic rings. The van der Waals surface area contributed by atoms with Crippen LogP contribution in [-0.2, 0) is 19.4 Å². The number of benzene rings is 1. The van der Waals surface area contributed by atoms with Gasteiger partial charge in [0.1, 0.15) is 11.0 Å². The lowest BCUT2D eigenvalue weighted by Gasteiger charge is -2.33. The molecule has 1 heterocycles. The van der Waals surface area contributed by atoms with Gasteiger partial charge in [0.25, 0.3) is 0 Å². The van der Waals surface area contributed by atoms with Gasteiger partial charge in [-0.1, -0.05) is 6.07 Å². The van der Waals surface area contributed by atoms with Crippen molar-refractivity contribution in [2.24, 2.45) is 5.92 Å². The van der Waals surface area contributed by atoms with Gasteiger partial charge >= 0.3 is 0 Å². The van der Waals surface area contributed by atoms with E-state index in [9.17, 15) is 18.0 Å². The predicted molar refractivity (Wildman–Crippen MR) is 104 cm³/mol. The van der Waals surface area contributed by atoms with Crippen molar-refractivity contribution in [1.82, 2.24) is 4.90 Å². The number of rotatable bonds is 6. The average molecular weight is 397 g/mol. The molecule has 1 N–H and O–H groups in total. The summed E-state index contributed by atoms with van der Waals surface area (Å²) in [5.74, 6) is -0.0283. The molecule has 1 fully saturated rings. The van der Waals surface area contributed by atoms with Crippen LogP contribution in [0.5, 0.6) is 5.75 Å². The Balaban J connectivity index is 1.92. The van der Waals surface area contributed by atoms with E-state index in [4.69, 9.17) is 4.74 Å². The number of hydrogen-bond acceptors (Lipinski definition) is 5. The van der Waals surface area contributed by atoms with Crippen molar-refractivity contribution in [3.05, 3.63) is 24.3 Å². The zero-order valence-electron chi connectivity index (χ0n) is 16.3. The molecule has 0 radical (unpaired) electrons. The fourth-order valence-electron chi connectivity index (χ4n) is 3.11. The summed E-state index contributed by atoms with van der Waals surface area (Å²) in [5, 5.41) is 1.22. The number of methoxy groups -OCH3 is 1. The average Bonchev–Trinajstić information content (AvgIpc) is 2.66. The van der Waals surface area contributed by atoms with E-state index in [-0.39, 0.29) is 17.7 Å². The molecule has 2 rings (SSSR count). The second-order valence-electron chi connectivity index (χ2n) is 7.10. The third-order valence-electron chi connectivity index (χ3n) is 5.01. The summed E-state index contributed by atoms with van der Waals surface area (Å²) < 4.78 is 29.6. The maximum Gasteiger partial charge on any atom is 0.240 e. The molecule has 7 nitrogen and oxygen atoms in total. The standard InChI is InChI=1S/C19H28N2O5S/c1-13(2)27(24,25)14(3)19(23)21-10-8-15(9-11-21)18(22)20-16-6-5-7-17(12-16)26-4/h5-7,12-15H,8-11H2,1-4H3,(H,20,22). The monoisotopic (exact) mass is 396 g/mol. The van der Waals surface area contributed by atoms with E-state index in [2.05, 4.69) is 5.32 Å². The topological polar surface area (TPSA) is 92.8 Å². The number of piperidine rings is 1. The Morgan fingerprint density at radius 1 is 1.19 bits per heavy atom. The number of carbonyl (C=O) groups excluding carboxylic acids is 2. The zero-order chi connectivity index (χ0) is 20.2. The van der Waals surface area contributed by atoms with E-state index in [1.165, 1.54) is 6.92 Å². The first-order valence-corrected chi connectivity index (χ1v) is 10.7. The Kier molecular flexibility index (Phi) is 6.86. The van der Waals surface area contributed by atoms with Crippen molar-refractivity contribution in [2.45, 2.75) is 44.1 Å². The lowest BCUT2D eigenvalue weighted by Crippen LogP contribution is -2.48. The maximum atomic E-state index is 12.5. The van der Waals surface area contributed by atoms with Crippen LogP contribution in [-0.4, -0.2) is 55.8 Å². The van der Waals surface area contributed by atoms with Crippen LogP contribution in [0, 0.1) is 5.92 Å². The van der Waals surface area contributed by atoms with Gasteiger partial charge in [0, 0.05) is 30.8 Å². The van der Waals surface area contributed by atoms with Crippen molar-refractivity contribution in [1.29, 1.82) is 0 Å². The van der Waals surface area contributed by atoms with E-state index in [1.807, 2.05) is 0 Å². The van der Waals surface area contributed by atoms with Crippen molar-refractivity contribution in [3.63, 3.8) is 0 Å². The molecule has 1 atom stereocenters. The van der Waals surface area contributed by atoms with Gasteiger partial charge in [-0.15, -0.1) is 0 Å². The SMILES string of the molecule is COc1cccc(NC(=O)C2CCN(C(=O)C(C)S(=O)(=O)C(C)C)CC2)c1. The molecular weight excluding hydrogens is 368 g/mol. The summed E-state index contributed by atoms with van der Waals surface area (Å²) in [6.45, 7) is 5.36. The second-order valence-corrected chi connectivity index (χ2v) is 9.93. The van der Waals surface area contributed by atoms with Gasteiger partial charge in [-0.2, -0.15) is 0 Å². The van der Waals surface area contributed by atoms with Crippen LogP contribution in [0.2, 0.25) is 0 Å². The van der Waals surface area contributed by atoms with E-state index < -0.39 is 20.3 Å². The van der Waals surface area contributed by atoms with Crippen LogP contribution in [0.4, 0.5) is 5.69 Å². The largest absolute Gasteiger partial charge is 0.497 e. The van der Waals surface area contributed by atoms with Gasteiger partial charge in [-0.25, -0.2) is 8.42 Å². The molecule has 27 heavy (non-hydrogen) atoms.